The lowest BCUT2D eigenvalue weighted by molar-refractivity contribution is 0.146. The number of imidazole rings is 1. The van der Waals surface area contributed by atoms with E-state index >= 15 is 0 Å². The second kappa shape index (κ2) is 6.19. The Morgan fingerprint density at radius 3 is 2.67 bits per heavy atom. The minimum atomic E-state index is 0.361. The van der Waals surface area contributed by atoms with Crippen molar-refractivity contribution in [3.05, 3.63) is 37.5 Å². The maximum Gasteiger partial charge on any atom is 0.109 e. The van der Waals surface area contributed by atoms with E-state index in [0.29, 0.717) is 6.10 Å². The number of rotatable bonds is 2. The van der Waals surface area contributed by atoms with Crippen LogP contribution in [0, 0.1) is 6.92 Å². The summed E-state index contributed by atoms with van der Waals surface area (Å²) in [6, 6.07) is 0. The molecule has 0 N–H and O–H groups in total. The van der Waals surface area contributed by atoms with Gasteiger partial charge in [-0.25, -0.2) is 4.98 Å². The van der Waals surface area contributed by atoms with Crippen LogP contribution in [-0.4, -0.2) is 22.3 Å². The van der Waals surface area contributed by atoms with Gasteiger partial charge in [0.1, 0.15) is 5.82 Å². The van der Waals surface area contributed by atoms with Crippen molar-refractivity contribution in [3.63, 3.8) is 0 Å². The summed E-state index contributed by atoms with van der Waals surface area (Å²) >= 11 is 0. The molecule has 2 heterocycles. The number of aromatic nitrogens is 2. The Bertz CT molecular complexity index is 311. The van der Waals surface area contributed by atoms with E-state index in [-0.39, 0.29) is 0 Å². The van der Waals surface area contributed by atoms with E-state index < -0.39 is 0 Å². The number of aryl methyl sites for hydroxylation is 1. The Balaban J connectivity index is 0.000000151. The molecule has 0 aromatic carbocycles. The highest BCUT2D eigenvalue weighted by Gasteiger charge is 2.09. The van der Waals surface area contributed by atoms with Crippen molar-refractivity contribution in [2.75, 3.05) is 6.61 Å². The van der Waals surface area contributed by atoms with E-state index in [4.69, 9.17) is 4.74 Å². The molecule has 0 radical (unpaired) electrons. The van der Waals surface area contributed by atoms with Crippen LogP contribution in [0.25, 0.3) is 6.20 Å². The van der Waals surface area contributed by atoms with Crippen molar-refractivity contribution in [1.29, 1.82) is 0 Å². The molecule has 1 aromatic heterocycles. The van der Waals surface area contributed by atoms with E-state index in [1.807, 2.05) is 23.8 Å². The monoisotopic (exact) mass is 206 g/mol. The van der Waals surface area contributed by atoms with Gasteiger partial charge in [0.05, 0.1) is 6.10 Å². The van der Waals surface area contributed by atoms with Crippen LogP contribution in [0.2, 0.25) is 0 Å². The maximum atomic E-state index is 5.18. The third-order valence-electron chi connectivity index (χ3n) is 2.29. The molecule has 3 heteroatoms. The molecule has 1 atom stereocenters. The van der Waals surface area contributed by atoms with Crippen LogP contribution >= 0.6 is 0 Å². The standard InChI is InChI=1S/C6H8N2.C6H10O/c1-3-8-5-4-7-6(8)2;1-2-6-4-3-5-7-6/h3-5H,1H2,2H3;2,6H,1,3-5H2. The van der Waals surface area contributed by atoms with Gasteiger partial charge in [0.2, 0.25) is 0 Å². The highest BCUT2D eigenvalue weighted by molar-refractivity contribution is 5.18. The average molecular weight is 206 g/mol. The maximum absolute atomic E-state index is 5.18. The van der Waals surface area contributed by atoms with Crippen molar-refractivity contribution in [2.24, 2.45) is 0 Å². The zero-order valence-electron chi connectivity index (χ0n) is 9.22. The molecule has 1 unspecified atom stereocenters. The Hall–Kier alpha value is -1.35. The number of nitrogens with zero attached hydrogens (tertiary/aromatic N) is 2. The quantitative estimate of drug-likeness (QED) is 0.695. The molecular formula is C12H18N2O. The number of hydrogen-bond donors (Lipinski definition) is 0. The molecule has 0 spiro atoms. The Labute approximate surface area is 91.1 Å². The van der Waals surface area contributed by atoms with Gasteiger partial charge in [0.15, 0.2) is 0 Å². The van der Waals surface area contributed by atoms with Gasteiger partial charge in [-0.3, -0.25) is 0 Å². The van der Waals surface area contributed by atoms with Gasteiger partial charge in [-0.1, -0.05) is 12.7 Å². The zero-order valence-corrected chi connectivity index (χ0v) is 9.22. The highest BCUT2D eigenvalue weighted by Crippen LogP contribution is 2.11. The van der Waals surface area contributed by atoms with Gasteiger partial charge in [-0.2, -0.15) is 0 Å². The van der Waals surface area contributed by atoms with Crippen molar-refractivity contribution >= 4 is 6.20 Å². The molecule has 0 bridgehead atoms. The average Bonchev–Trinajstić information content (AvgIpc) is 2.88. The zero-order chi connectivity index (χ0) is 11.1. The van der Waals surface area contributed by atoms with E-state index in [1.165, 1.54) is 12.8 Å². The Morgan fingerprint density at radius 1 is 1.60 bits per heavy atom. The van der Waals surface area contributed by atoms with Crippen molar-refractivity contribution in [3.8, 4) is 0 Å². The first-order valence-electron chi connectivity index (χ1n) is 5.14. The number of hydrogen-bond acceptors (Lipinski definition) is 2. The lowest BCUT2D eigenvalue weighted by Crippen LogP contribution is -1.96. The molecule has 0 amide bonds. The van der Waals surface area contributed by atoms with E-state index in [1.54, 1.807) is 12.4 Å². The van der Waals surface area contributed by atoms with Crippen LogP contribution in [0.3, 0.4) is 0 Å². The highest BCUT2D eigenvalue weighted by atomic mass is 16.5. The molecular weight excluding hydrogens is 188 g/mol. The van der Waals surface area contributed by atoms with Crippen LogP contribution in [-0.2, 0) is 4.74 Å². The third-order valence-corrected chi connectivity index (χ3v) is 2.29. The molecule has 0 saturated carbocycles. The first kappa shape index (κ1) is 11.7. The fraction of sp³-hybridized carbons (Fsp3) is 0.417. The second-order valence-corrected chi connectivity index (χ2v) is 3.35. The minimum absolute atomic E-state index is 0.361. The summed E-state index contributed by atoms with van der Waals surface area (Å²) < 4.78 is 7.05. The predicted molar refractivity (Wildman–Crippen MR) is 62.5 cm³/mol. The van der Waals surface area contributed by atoms with Gasteiger partial charge in [0, 0.05) is 25.2 Å². The van der Waals surface area contributed by atoms with E-state index in [0.717, 1.165) is 12.4 Å². The van der Waals surface area contributed by atoms with Gasteiger partial charge in [-0.15, -0.1) is 6.58 Å². The summed E-state index contributed by atoms with van der Waals surface area (Å²) in [5, 5.41) is 0. The first-order chi connectivity index (χ1) is 7.27. The van der Waals surface area contributed by atoms with Crippen LogP contribution in [0.15, 0.2) is 31.6 Å². The van der Waals surface area contributed by atoms with Gasteiger partial charge >= 0.3 is 0 Å². The summed E-state index contributed by atoms with van der Waals surface area (Å²) in [6.45, 7) is 10.1. The summed E-state index contributed by atoms with van der Waals surface area (Å²) in [4.78, 5) is 3.98. The summed E-state index contributed by atoms with van der Waals surface area (Å²) in [5.41, 5.74) is 0. The molecule has 15 heavy (non-hydrogen) atoms. The molecule has 1 fully saturated rings. The summed E-state index contributed by atoms with van der Waals surface area (Å²) in [7, 11) is 0. The largest absolute Gasteiger partial charge is 0.374 e. The molecule has 0 aliphatic carbocycles. The van der Waals surface area contributed by atoms with Crippen LogP contribution < -0.4 is 0 Å². The Morgan fingerprint density at radius 2 is 2.40 bits per heavy atom. The lowest BCUT2D eigenvalue weighted by Gasteiger charge is -1.97. The third kappa shape index (κ3) is 3.72. The van der Waals surface area contributed by atoms with Crippen molar-refractivity contribution in [1.82, 2.24) is 9.55 Å². The van der Waals surface area contributed by atoms with E-state index in [2.05, 4.69) is 18.1 Å². The lowest BCUT2D eigenvalue weighted by atomic mass is 10.2. The van der Waals surface area contributed by atoms with Crippen molar-refractivity contribution in [2.45, 2.75) is 25.9 Å². The van der Waals surface area contributed by atoms with Gasteiger partial charge < -0.3 is 9.30 Å². The topological polar surface area (TPSA) is 27.1 Å². The fourth-order valence-electron chi connectivity index (χ4n) is 1.37. The normalized spacial score (nSPS) is 19.1. The number of ether oxygens (including phenoxy) is 1. The van der Waals surface area contributed by atoms with Gasteiger partial charge in [-0.05, 0) is 19.8 Å². The minimum Gasteiger partial charge on any atom is -0.374 e. The molecule has 3 nitrogen and oxygen atoms in total. The van der Waals surface area contributed by atoms with Crippen LogP contribution in [0.4, 0.5) is 0 Å². The van der Waals surface area contributed by atoms with Crippen LogP contribution in [0.5, 0.6) is 0 Å². The smallest absolute Gasteiger partial charge is 0.109 e. The molecule has 1 aliphatic heterocycles. The second-order valence-electron chi connectivity index (χ2n) is 3.35. The Kier molecular flexibility index (Phi) is 4.84. The molecule has 1 aliphatic rings. The van der Waals surface area contributed by atoms with Crippen LogP contribution in [0.1, 0.15) is 18.7 Å². The van der Waals surface area contributed by atoms with E-state index in [9.17, 15) is 0 Å². The molecule has 82 valence electrons. The van der Waals surface area contributed by atoms with Crippen molar-refractivity contribution < 1.29 is 4.74 Å². The molecule has 2 rings (SSSR count). The summed E-state index contributed by atoms with van der Waals surface area (Å²) in [6.07, 6.45) is 9.94. The fourth-order valence-corrected chi connectivity index (χ4v) is 1.37. The molecule has 1 aromatic rings. The first-order valence-corrected chi connectivity index (χ1v) is 5.14. The van der Waals surface area contributed by atoms with Gasteiger partial charge in [0.25, 0.3) is 0 Å². The SMILES string of the molecule is C=CC1CCCO1.C=Cn1ccnc1C. The predicted octanol–water partition coefficient (Wildman–Crippen LogP) is 2.64. The molecule has 1 saturated heterocycles. The summed E-state index contributed by atoms with van der Waals surface area (Å²) in [5.74, 6) is 0.972.